The van der Waals surface area contributed by atoms with Gasteiger partial charge in [0.25, 0.3) is 5.91 Å². The van der Waals surface area contributed by atoms with E-state index in [2.05, 4.69) is 17.2 Å². The van der Waals surface area contributed by atoms with Gasteiger partial charge < -0.3 is 4.74 Å². The van der Waals surface area contributed by atoms with Crippen molar-refractivity contribution in [1.29, 1.82) is 0 Å². The Morgan fingerprint density at radius 1 is 1.36 bits per heavy atom. The molecule has 1 N–H and O–H groups in total. The Morgan fingerprint density at radius 3 is 3.05 bits per heavy atom. The number of aromatic nitrogens is 1. The average Bonchev–Trinajstić information content (AvgIpc) is 2.95. The number of nitrogens with zero attached hydrogens (tertiary/aromatic N) is 1. The Morgan fingerprint density at radius 2 is 2.23 bits per heavy atom. The molecule has 0 radical (unpaired) electrons. The van der Waals surface area contributed by atoms with Gasteiger partial charge >= 0.3 is 0 Å². The van der Waals surface area contributed by atoms with E-state index < -0.39 is 0 Å². The highest BCUT2D eigenvalue weighted by Crippen LogP contribution is 2.29. The fourth-order valence-electron chi connectivity index (χ4n) is 2.56. The number of thiazole rings is 1. The van der Waals surface area contributed by atoms with Crippen molar-refractivity contribution >= 4 is 22.4 Å². The number of carbonyl (C=O) groups is 1. The minimum absolute atomic E-state index is 0.0113. The van der Waals surface area contributed by atoms with Gasteiger partial charge in [-0.2, -0.15) is 0 Å². The molecule has 0 spiro atoms. The molecule has 0 unspecified atom stereocenters. The Balaban J connectivity index is 1.55. The van der Waals surface area contributed by atoms with Crippen molar-refractivity contribution in [2.45, 2.75) is 39.0 Å². The van der Waals surface area contributed by atoms with Gasteiger partial charge in [-0.1, -0.05) is 19.1 Å². The lowest BCUT2D eigenvalue weighted by atomic mass is 10.0. The van der Waals surface area contributed by atoms with E-state index in [0.29, 0.717) is 5.13 Å². The second-order valence-electron chi connectivity index (χ2n) is 5.43. The minimum Gasteiger partial charge on any atom is -0.484 e. The van der Waals surface area contributed by atoms with Crippen LogP contribution < -0.4 is 10.1 Å². The smallest absolute Gasteiger partial charge is 0.264 e. The molecular weight excluding hydrogens is 296 g/mol. The van der Waals surface area contributed by atoms with Gasteiger partial charge in [0.15, 0.2) is 11.7 Å². The fourth-order valence-corrected chi connectivity index (χ4v) is 3.63. The summed E-state index contributed by atoms with van der Waals surface area (Å²) in [7, 11) is 0. The molecule has 1 aromatic carbocycles. The van der Waals surface area contributed by atoms with E-state index in [1.165, 1.54) is 23.3 Å². The summed E-state index contributed by atoms with van der Waals surface area (Å²) in [4.78, 5) is 17.8. The second-order valence-corrected chi connectivity index (χ2v) is 6.52. The van der Waals surface area contributed by atoms with E-state index in [4.69, 9.17) is 4.74 Å². The molecule has 5 heteroatoms. The van der Waals surface area contributed by atoms with E-state index in [9.17, 15) is 4.79 Å². The number of hydrogen-bond donors (Lipinski definition) is 1. The van der Waals surface area contributed by atoms with E-state index in [-0.39, 0.29) is 12.5 Å². The quantitative estimate of drug-likeness (QED) is 0.917. The van der Waals surface area contributed by atoms with Crippen molar-refractivity contribution in [3.63, 3.8) is 0 Å². The molecular formula is C17H20N2O2S. The number of carbonyl (C=O) groups excluding carboxylic acids is 1. The molecule has 0 bridgehead atoms. The summed E-state index contributed by atoms with van der Waals surface area (Å²) in [5.41, 5.74) is 2.36. The van der Waals surface area contributed by atoms with E-state index in [1.54, 1.807) is 11.3 Å². The van der Waals surface area contributed by atoms with Crippen LogP contribution in [0.15, 0.2) is 24.3 Å². The van der Waals surface area contributed by atoms with Gasteiger partial charge in [0.05, 0.1) is 5.69 Å². The van der Waals surface area contributed by atoms with Gasteiger partial charge in [-0.15, -0.1) is 11.3 Å². The van der Waals surface area contributed by atoms with Crippen LogP contribution in [0.4, 0.5) is 5.13 Å². The van der Waals surface area contributed by atoms with Crippen LogP contribution in [-0.4, -0.2) is 17.5 Å². The number of nitrogens with one attached hydrogen (secondary N) is 1. The molecule has 1 heterocycles. The molecule has 2 aromatic rings. The number of amides is 1. The Labute approximate surface area is 134 Å². The number of ether oxygens (including phenoxy) is 1. The average molecular weight is 316 g/mol. The van der Waals surface area contributed by atoms with Crippen molar-refractivity contribution in [1.82, 2.24) is 4.98 Å². The Hall–Kier alpha value is -1.88. The van der Waals surface area contributed by atoms with Crippen LogP contribution in [0.25, 0.3) is 0 Å². The highest BCUT2D eigenvalue weighted by atomic mass is 32.1. The Kier molecular flexibility index (Phi) is 4.73. The lowest BCUT2D eigenvalue weighted by Gasteiger charge is -2.07. The van der Waals surface area contributed by atoms with Crippen molar-refractivity contribution in [3.05, 3.63) is 40.4 Å². The van der Waals surface area contributed by atoms with Crippen molar-refractivity contribution in [2.75, 3.05) is 11.9 Å². The first-order valence-corrected chi connectivity index (χ1v) is 8.56. The summed E-state index contributed by atoms with van der Waals surface area (Å²) >= 11 is 1.59. The fraction of sp³-hybridized carbons (Fsp3) is 0.412. The Bertz CT molecular complexity index is 643. The SMILES string of the molecule is CCc1cccc(OCC(=O)Nc2nc3c(s2)CCCC3)c1. The van der Waals surface area contributed by atoms with Crippen LogP contribution in [0.2, 0.25) is 0 Å². The zero-order chi connectivity index (χ0) is 15.4. The number of hydrogen-bond acceptors (Lipinski definition) is 4. The summed E-state index contributed by atoms with van der Waals surface area (Å²) in [6.07, 6.45) is 5.49. The summed E-state index contributed by atoms with van der Waals surface area (Å²) in [6.45, 7) is 2.10. The molecule has 3 rings (SSSR count). The highest BCUT2D eigenvalue weighted by molar-refractivity contribution is 7.15. The third-order valence-corrected chi connectivity index (χ3v) is 4.84. The summed E-state index contributed by atoms with van der Waals surface area (Å²) in [6, 6.07) is 7.83. The number of rotatable bonds is 5. The minimum atomic E-state index is -0.159. The van der Waals surface area contributed by atoms with Gasteiger partial charge in [0, 0.05) is 4.88 Å². The lowest BCUT2D eigenvalue weighted by molar-refractivity contribution is -0.118. The largest absolute Gasteiger partial charge is 0.484 e. The van der Waals surface area contributed by atoms with E-state index >= 15 is 0 Å². The van der Waals surface area contributed by atoms with Crippen molar-refractivity contribution in [2.24, 2.45) is 0 Å². The first kappa shape index (κ1) is 15.0. The number of anilines is 1. The van der Waals surface area contributed by atoms with Gasteiger partial charge in [0.1, 0.15) is 5.75 Å². The molecule has 1 aliphatic rings. The van der Waals surface area contributed by atoms with Crippen LogP contribution >= 0.6 is 11.3 Å². The number of fused-ring (bicyclic) bond motifs is 1. The first-order chi connectivity index (χ1) is 10.7. The van der Waals surface area contributed by atoms with Crippen molar-refractivity contribution in [3.8, 4) is 5.75 Å². The predicted octanol–water partition coefficient (Wildman–Crippen LogP) is 3.60. The number of aryl methyl sites for hydroxylation is 3. The van der Waals surface area contributed by atoms with Crippen LogP contribution in [-0.2, 0) is 24.1 Å². The summed E-state index contributed by atoms with van der Waals surface area (Å²) in [5, 5.41) is 3.54. The van der Waals surface area contributed by atoms with E-state index in [1.807, 2.05) is 24.3 Å². The monoisotopic (exact) mass is 316 g/mol. The maximum Gasteiger partial charge on any atom is 0.264 e. The highest BCUT2D eigenvalue weighted by Gasteiger charge is 2.16. The molecule has 0 saturated carbocycles. The molecule has 116 valence electrons. The second kappa shape index (κ2) is 6.92. The molecule has 22 heavy (non-hydrogen) atoms. The zero-order valence-electron chi connectivity index (χ0n) is 12.7. The van der Waals surface area contributed by atoms with Crippen LogP contribution in [0.5, 0.6) is 5.75 Å². The molecule has 4 nitrogen and oxygen atoms in total. The van der Waals surface area contributed by atoms with Gasteiger partial charge in [-0.05, 0) is 49.8 Å². The normalized spacial score (nSPS) is 13.5. The zero-order valence-corrected chi connectivity index (χ0v) is 13.5. The molecule has 1 amide bonds. The lowest BCUT2D eigenvalue weighted by Crippen LogP contribution is -2.20. The summed E-state index contributed by atoms with van der Waals surface area (Å²) < 4.78 is 5.55. The molecule has 1 aliphatic carbocycles. The first-order valence-electron chi connectivity index (χ1n) is 7.75. The van der Waals surface area contributed by atoms with Gasteiger partial charge in [-0.25, -0.2) is 4.98 Å². The van der Waals surface area contributed by atoms with E-state index in [0.717, 1.165) is 30.7 Å². The predicted molar refractivity (Wildman–Crippen MR) is 88.7 cm³/mol. The van der Waals surface area contributed by atoms with Gasteiger partial charge in [-0.3, -0.25) is 10.1 Å². The molecule has 0 atom stereocenters. The summed E-state index contributed by atoms with van der Waals surface area (Å²) in [5.74, 6) is 0.570. The molecule has 0 saturated heterocycles. The molecule has 0 fully saturated rings. The molecule has 0 aliphatic heterocycles. The van der Waals surface area contributed by atoms with Crippen molar-refractivity contribution < 1.29 is 9.53 Å². The topological polar surface area (TPSA) is 51.2 Å². The van der Waals surface area contributed by atoms with Gasteiger partial charge in [0.2, 0.25) is 0 Å². The third-order valence-electron chi connectivity index (χ3n) is 3.77. The number of benzene rings is 1. The maximum atomic E-state index is 12.0. The van der Waals surface area contributed by atoms with Crippen LogP contribution in [0, 0.1) is 0 Å². The maximum absolute atomic E-state index is 12.0. The molecule has 1 aromatic heterocycles. The third kappa shape index (κ3) is 3.65. The van der Waals surface area contributed by atoms with Crippen LogP contribution in [0.1, 0.15) is 35.9 Å². The standard InChI is InChI=1S/C17H20N2O2S/c1-2-12-6-5-7-13(10-12)21-11-16(20)19-17-18-14-8-3-4-9-15(14)22-17/h5-7,10H,2-4,8-9,11H2,1H3,(H,18,19,20). The van der Waals surface area contributed by atoms with Crippen LogP contribution in [0.3, 0.4) is 0 Å².